The van der Waals surface area contributed by atoms with E-state index in [0.717, 1.165) is 20.2 Å². The minimum Gasteiger partial charge on any atom is -0.476 e. The number of pyridine rings is 2. The van der Waals surface area contributed by atoms with E-state index in [9.17, 15) is 10.2 Å². The Morgan fingerprint density at radius 2 is 1.77 bits per heavy atom. The van der Waals surface area contributed by atoms with E-state index in [-0.39, 0.29) is 5.92 Å². The molecule has 8 heteroatoms. The number of aliphatic hydroxyl groups is 2. The number of fused-ring (bicyclic) bond motifs is 3. The second-order valence-corrected chi connectivity index (χ2v) is 10.3. The van der Waals surface area contributed by atoms with Gasteiger partial charge in [0, 0.05) is 28.9 Å². The number of H-pyrrole nitrogens is 1. The summed E-state index contributed by atoms with van der Waals surface area (Å²) in [5.41, 5.74) is -0.821. The van der Waals surface area contributed by atoms with E-state index in [1.54, 1.807) is 6.07 Å². The molecule has 35 heavy (non-hydrogen) atoms. The number of halogens is 2. The lowest BCUT2D eigenvalue weighted by atomic mass is 9.72. The van der Waals surface area contributed by atoms with Gasteiger partial charge in [-0.2, -0.15) is 0 Å². The average Bonchev–Trinajstić information content (AvgIpc) is 3.25. The van der Waals surface area contributed by atoms with Gasteiger partial charge < -0.3 is 19.9 Å². The van der Waals surface area contributed by atoms with Crippen LogP contribution in [0.1, 0.15) is 29.2 Å². The lowest BCUT2D eigenvalue weighted by molar-refractivity contribution is -0.151. The van der Waals surface area contributed by atoms with Crippen LogP contribution in [0.15, 0.2) is 95.7 Å². The molecule has 178 valence electrons. The van der Waals surface area contributed by atoms with Gasteiger partial charge in [0.2, 0.25) is 0 Å². The third-order valence-electron chi connectivity index (χ3n) is 6.61. The fraction of sp³-hybridized carbons (Fsp3) is 0.185. The van der Waals surface area contributed by atoms with Gasteiger partial charge in [-0.15, -0.1) is 0 Å². The molecular formula is C27H22BrClN2O3S. The minimum absolute atomic E-state index is 0.275. The third-order valence-corrected chi connectivity index (χ3v) is 7.59. The van der Waals surface area contributed by atoms with Gasteiger partial charge in [-0.1, -0.05) is 88.3 Å². The zero-order valence-electron chi connectivity index (χ0n) is 18.4. The number of nitrogens with zero attached hydrogens (tertiary/aromatic N) is 1. The van der Waals surface area contributed by atoms with Crippen LogP contribution in [-0.4, -0.2) is 26.3 Å². The van der Waals surface area contributed by atoms with Crippen LogP contribution in [-0.2, 0) is 11.2 Å². The predicted molar refractivity (Wildman–Crippen MR) is 141 cm³/mol. The molecule has 1 fully saturated rings. The van der Waals surface area contributed by atoms with Crippen LogP contribution in [0.2, 0.25) is 5.02 Å². The normalized spacial score (nSPS) is 26.2. The van der Waals surface area contributed by atoms with Crippen LogP contribution in [0.4, 0.5) is 0 Å². The third kappa shape index (κ3) is 4.01. The number of aromatic amines is 1. The molecule has 2 aromatic carbocycles. The van der Waals surface area contributed by atoms with Gasteiger partial charge in [0.1, 0.15) is 16.1 Å². The Balaban J connectivity index is 0.000000313. The highest BCUT2D eigenvalue weighted by atomic mass is 79.9. The van der Waals surface area contributed by atoms with Crippen molar-refractivity contribution in [1.82, 2.24) is 9.97 Å². The van der Waals surface area contributed by atoms with Crippen molar-refractivity contribution in [2.75, 3.05) is 0 Å². The van der Waals surface area contributed by atoms with E-state index >= 15 is 0 Å². The van der Waals surface area contributed by atoms with Crippen LogP contribution in [0.3, 0.4) is 0 Å². The first-order chi connectivity index (χ1) is 16.9. The summed E-state index contributed by atoms with van der Waals surface area (Å²) in [6.45, 7) is 0. The van der Waals surface area contributed by atoms with Crippen molar-refractivity contribution in [1.29, 1.82) is 0 Å². The number of aliphatic hydroxyl groups excluding tert-OH is 1. The summed E-state index contributed by atoms with van der Waals surface area (Å²) in [4.78, 5) is 7.21. The number of hydrogen-bond acceptors (Lipinski definition) is 5. The summed E-state index contributed by atoms with van der Waals surface area (Å²) < 4.78 is 8.19. The molecule has 4 aromatic rings. The van der Waals surface area contributed by atoms with E-state index in [2.05, 4.69) is 25.9 Å². The summed E-state index contributed by atoms with van der Waals surface area (Å²) in [7, 11) is 0. The minimum atomic E-state index is -1.69. The van der Waals surface area contributed by atoms with E-state index in [1.165, 1.54) is 6.20 Å². The monoisotopic (exact) mass is 568 g/mol. The molecule has 3 N–H and O–H groups in total. The Bertz CT molecular complexity index is 1380. The Kier molecular flexibility index (Phi) is 6.55. The summed E-state index contributed by atoms with van der Waals surface area (Å²) in [5, 5.41) is 23.4. The summed E-state index contributed by atoms with van der Waals surface area (Å²) in [6, 6.07) is 24.8. The van der Waals surface area contributed by atoms with Crippen molar-refractivity contribution in [2.24, 2.45) is 0 Å². The molecule has 1 saturated carbocycles. The van der Waals surface area contributed by atoms with Crippen molar-refractivity contribution in [2.45, 2.75) is 29.6 Å². The van der Waals surface area contributed by atoms with Crippen LogP contribution in [0.25, 0.3) is 0 Å². The van der Waals surface area contributed by atoms with E-state index in [0.29, 0.717) is 22.9 Å². The molecule has 0 spiro atoms. The average molecular weight is 570 g/mol. The van der Waals surface area contributed by atoms with Crippen LogP contribution < -0.4 is 4.74 Å². The maximum atomic E-state index is 12.0. The number of ether oxygens (including phenoxy) is 1. The van der Waals surface area contributed by atoms with Gasteiger partial charge in [0.05, 0.1) is 11.1 Å². The largest absolute Gasteiger partial charge is 0.476 e. The second kappa shape index (κ2) is 9.48. The molecule has 4 atom stereocenters. The van der Waals surface area contributed by atoms with Crippen molar-refractivity contribution >= 4 is 39.7 Å². The molecule has 1 aliphatic heterocycles. The molecule has 3 heterocycles. The van der Waals surface area contributed by atoms with Crippen molar-refractivity contribution in [3.8, 4) is 5.75 Å². The number of benzene rings is 2. The number of hydrogen-bond donors (Lipinski definition) is 3. The highest BCUT2D eigenvalue weighted by Crippen LogP contribution is 2.66. The van der Waals surface area contributed by atoms with E-state index in [4.69, 9.17) is 28.6 Å². The first-order valence-corrected chi connectivity index (χ1v) is 12.6. The molecule has 2 aliphatic rings. The molecular weight excluding hydrogens is 548 g/mol. The van der Waals surface area contributed by atoms with Crippen molar-refractivity contribution < 1.29 is 14.9 Å². The highest BCUT2D eigenvalue weighted by molar-refractivity contribution is 9.10. The van der Waals surface area contributed by atoms with E-state index < -0.39 is 17.3 Å². The molecule has 2 aromatic heterocycles. The summed E-state index contributed by atoms with van der Waals surface area (Å²) in [6.07, 6.45) is 2.58. The fourth-order valence-electron chi connectivity index (χ4n) is 5.12. The van der Waals surface area contributed by atoms with Gasteiger partial charge in [-0.25, -0.2) is 0 Å². The Morgan fingerprint density at radius 3 is 2.40 bits per heavy atom. The molecule has 0 bridgehead atoms. The lowest BCUT2D eigenvalue weighted by Gasteiger charge is -2.40. The number of nitrogens with one attached hydrogen (secondary N) is 1. The standard InChI is InChI=1S/C22H17BrClNO3.C5H5NS/c23-15-8-6-14(7-9-15)22-17(13-4-2-1-3-5-13)11-19(26)21(22,27)20-18(28-22)10-16(24)12-25-20;7-5-3-1-2-4-6-5/h1-10,12,17,19,26-27H,11H2;1-4H,(H,6,7). The maximum absolute atomic E-state index is 12.0. The van der Waals surface area contributed by atoms with Gasteiger partial charge in [0.25, 0.3) is 0 Å². The van der Waals surface area contributed by atoms with Crippen LogP contribution in [0, 0.1) is 4.64 Å². The Hall–Kier alpha value is -2.55. The zero-order valence-corrected chi connectivity index (χ0v) is 21.6. The first kappa shape index (κ1) is 24.2. The maximum Gasteiger partial charge on any atom is 0.180 e. The molecule has 5 nitrogen and oxygen atoms in total. The SMILES string of the molecule is OC1CC(c2ccccc2)C2(c3ccc(Br)cc3)Oc3cc(Cl)cnc3C12O.S=c1cccc[nH]1. The second-order valence-electron chi connectivity index (χ2n) is 8.55. The first-order valence-electron chi connectivity index (χ1n) is 11.1. The van der Waals surface area contributed by atoms with Gasteiger partial charge in [0.15, 0.2) is 11.2 Å². The number of rotatable bonds is 2. The van der Waals surface area contributed by atoms with Crippen LogP contribution >= 0.6 is 39.7 Å². The summed E-state index contributed by atoms with van der Waals surface area (Å²) in [5.74, 6) is 0.125. The van der Waals surface area contributed by atoms with Gasteiger partial charge in [-0.3, -0.25) is 4.98 Å². The molecule has 4 unspecified atom stereocenters. The fourth-order valence-corrected chi connectivity index (χ4v) is 5.68. The topological polar surface area (TPSA) is 78.4 Å². The summed E-state index contributed by atoms with van der Waals surface area (Å²) >= 11 is 14.4. The molecule has 0 radical (unpaired) electrons. The molecule has 0 amide bonds. The smallest absolute Gasteiger partial charge is 0.180 e. The number of aromatic nitrogens is 2. The lowest BCUT2D eigenvalue weighted by Crippen LogP contribution is -2.52. The molecule has 0 saturated heterocycles. The van der Waals surface area contributed by atoms with Crippen LogP contribution in [0.5, 0.6) is 5.75 Å². The Labute approximate surface area is 221 Å². The Morgan fingerprint density at radius 1 is 1.06 bits per heavy atom. The molecule has 6 rings (SSSR count). The van der Waals surface area contributed by atoms with Gasteiger partial charge in [-0.05, 0) is 41.8 Å². The quantitative estimate of drug-likeness (QED) is 0.248. The highest BCUT2D eigenvalue weighted by Gasteiger charge is 2.73. The molecule has 1 aliphatic carbocycles. The van der Waals surface area contributed by atoms with Gasteiger partial charge >= 0.3 is 0 Å². The van der Waals surface area contributed by atoms with Crippen molar-refractivity contribution in [3.63, 3.8) is 0 Å². The zero-order chi connectivity index (χ0) is 24.6. The van der Waals surface area contributed by atoms with Crippen molar-refractivity contribution in [3.05, 3.63) is 122 Å². The predicted octanol–water partition coefficient (Wildman–Crippen LogP) is 6.27. The van der Waals surface area contributed by atoms with E-state index in [1.807, 2.05) is 79.0 Å².